The maximum Gasteiger partial charge on any atom is 0.306 e. The Morgan fingerprint density at radius 3 is 2.47 bits per heavy atom. The molecule has 0 spiro atoms. The number of carbonyl (C=O) groups is 1. The molecule has 0 aliphatic carbocycles. The molecule has 0 heterocycles. The van der Waals surface area contributed by atoms with Crippen molar-refractivity contribution in [1.82, 2.24) is 0 Å². The molecule has 1 rings (SSSR count). The predicted molar refractivity (Wildman–Crippen MR) is 69.8 cm³/mol. The van der Waals surface area contributed by atoms with Crippen LogP contribution in [0.3, 0.4) is 0 Å². The SMILES string of the molecule is C=CC(=O)Nc1c(OS(C)(=O)=O)ccc(O)c1O.[Na]. The minimum Gasteiger partial charge on any atom is -0.504 e. The first-order valence-corrected chi connectivity index (χ1v) is 6.44. The molecule has 0 saturated carbocycles. The third-order valence-corrected chi connectivity index (χ3v) is 2.28. The Morgan fingerprint density at radius 2 is 2.00 bits per heavy atom. The molecule has 0 aromatic heterocycles. The van der Waals surface area contributed by atoms with Gasteiger partial charge in [0, 0.05) is 29.6 Å². The van der Waals surface area contributed by atoms with Gasteiger partial charge in [-0.25, -0.2) is 0 Å². The molecule has 0 atom stereocenters. The molecule has 0 saturated heterocycles. The molecule has 9 heteroatoms. The van der Waals surface area contributed by atoms with E-state index < -0.39 is 27.5 Å². The fourth-order valence-corrected chi connectivity index (χ4v) is 1.55. The second kappa shape index (κ2) is 6.80. The molecule has 0 unspecified atom stereocenters. The number of amides is 1. The molecule has 0 fully saturated rings. The summed E-state index contributed by atoms with van der Waals surface area (Å²) < 4.78 is 26.6. The van der Waals surface area contributed by atoms with Crippen LogP contribution in [0.1, 0.15) is 0 Å². The third-order valence-electron chi connectivity index (χ3n) is 1.79. The summed E-state index contributed by atoms with van der Waals surface area (Å²) in [4.78, 5) is 11.1. The zero-order valence-electron chi connectivity index (χ0n) is 10.4. The minimum absolute atomic E-state index is 0. The van der Waals surface area contributed by atoms with Crippen LogP contribution in [0.25, 0.3) is 0 Å². The Hall–Kier alpha value is -1.22. The number of benzene rings is 1. The molecule has 0 aliphatic heterocycles. The van der Waals surface area contributed by atoms with Crippen LogP contribution in [-0.4, -0.2) is 60.4 Å². The summed E-state index contributed by atoms with van der Waals surface area (Å²) in [6, 6.07) is 2.12. The maximum absolute atomic E-state index is 11.1. The smallest absolute Gasteiger partial charge is 0.306 e. The normalized spacial score (nSPS) is 10.2. The van der Waals surface area contributed by atoms with E-state index in [9.17, 15) is 23.4 Å². The summed E-state index contributed by atoms with van der Waals surface area (Å²) in [5, 5.41) is 21.0. The average molecular weight is 296 g/mol. The zero-order valence-corrected chi connectivity index (χ0v) is 13.2. The summed E-state index contributed by atoms with van der Waals surface area (Å²) in [5.41, 5.74) is -0.356. The van der Waals surface area contributed by atoms with E-state index in [0.29, 0.717) is 0 Å². The van der Waals surface area contributed by atoms with Crippen LogP contribution >= 0.6 is 0 Å². The summed E-state index contributed by atoms with van der Waals surface area (Å²) in [5.74, 6) is -2.25. The molecule has 1 radical (unpaired) electrons. The minimum atomic E-state index is -3.84. The number of aromatic hydroxyl groups is 2. The first-order valence-electron chi connectivity index (χ1n) is 4.62. The fraction of sp³-hybridized carbons (Fsp3) is 0.100. The number of phenols is 2. The van der Waals surface area contributed by atoms with Gasteiger partial charge in [-0.05, 0) is 18.2 Å². The molecule has 3 N–H and O–H groups in total. The van der Waals surface area contributed by atoms with E-state index in [0.717, 1.165) is 24.5 Å². The molecular formula is C10H11NNaO6S. The quantitative estimate of drug-likeness (QED) is 0.316. The zero-order chi connectivity index (χ0) is 13.9. The van der Waals surface area contributed by atoms with Crippen LogP contribution in [0.2, 0.25) is 0 Å². The van der Waals surface area contributed by atoms with Gasteiger partial charge in [0.2, 0.25) is 5.91 Å². The Bertz CT molecular complexity index is 598. The van der Waals surface area contributed by atoms with Gasteiger partial charge in [-0.2, -0.15) is 8.42 Å². The van der Waals surface area contributed by atoms with Gasteiger partial charge in [0.1, 0.15) is 5.69 Å². The monoisotopic (exact) mass is 296 g/mol. The van der Waals surface area contributed by atoms with E-state index in [1.807, 2.05) is 0 Å². The van der Waals surface area contributed by atoms with Crippen molar-refractivity contribution in [3.05, 3.63) is 24.8 Å². The molecule has 1 amide bonds. The fourth-order valence-electron chi connectivity index (χ4n) is 1.09. The second-order valence-electron chi connectivity index (χ2n) is 3.29. The number of rotatable bonds is 4. The molecule has 7 nitrogen and oxygen atoms in total. The predicted octanol–water partition coefficient (Wildman–Crippen LogP) is 0.180. The van der Waals surface area contributed by atoms with Crippen molar-refractivity contribution in [2.24, 2.45) is 0 Å². The summed E-state index contributed by atoms with van der Waals surface area (Å²) in [6.45, 7) is 3.20. The van der Waals surface area contributed by atoms with Crippen LogP contribution in [0, 0.1) is 0 Å². The van der Waals surface area contributed by atoms with Crippen molar-refractivity contribution in [2.75, 3.05) is 11.6 Å². The number of anilines is 1. The second-order valence-corrected chi connectivity index (χ2v) is 4.86. The van der Waals surface area contributed by atoms with Crippen LogP contribution in [0.4, 0.5) is 5.69 Å². The standard InChI is InChI=1S/C10H11NO6S.Na/c1-3-8(13)11-9-7(17-18(2,15)16)5-4-6(12)10(9)14;/h3-5,12,14H,1H2,2H3,(H,11,13);. The Labute approximate surface area is 132 Å². The molecule has 1 aromatic rings. The number of carbonyl (C=O) groups excluding carboxylic acids is 1. The van der Waals surface area contributed by atoms with Gasteiger partial charge in [0.25, 0.3) is 0 Å². The van der Waals surface area contributed by atoms with Crippen LogP contribution < -0.4 is 9.50 Å². The first kappa shape index (κ1) is 17.8. The number of phenolic OH excluding ortho intramolecular Hbond substituents is 2. The van der Waals surface area contributed by atoms with Crippen molar-refractivity contribution < 1.29 is 27.6 Å². The molecular weight excluding hydrogens is 285 g/mol. The molecule has 0 aliphatic rings. The average Bonchev–Trinajstić information content (AvgIpc) is 2.26. The van der Waals surface area contributed by atoms with Crippen molar-refractivity contribution in [3.63, 3.8) is 0 Å². The number of nitrogens with one attached hydrogen (secondary N) is 1. The maximum atomic E-state index is 11.1. The van der Waals surface area contributed by atoms with Crippen LogP contribution in [0.5, 0.6) is 17.2 Å². The molecule has 19 heavy (non-hydrogen) atoms. The Balaban J connectivity index is 0.00000324. The van der Waals surface area contributed by atoms with Crippen LogP contribution in [-0.2, 0) is 14.9 Å². The van der Waals surface area contributed by atoms with E-state index in [1.54, 1.807) is 0 Å². The van der Waals surface area contributed by atoms with Crippen LogP contribution in [0.15, 0.2) is 24.8 Å². The van der Waals surface area contributed by atoms with Gasteiger partial charge in [-0.3, -0.25) is 4.79 Å². The summed E-state index contributed by atoms with van der Waals surface area (Å²) in [7, 11) is -3.84. The van der Waals surface area contributed by atoms with Crippen molar-refractivity contribution >= 4 is 51.3 Å². The van der Waals surface area contributed by atoms with E-state index in [2.05, 4.69) is 16.1 Å². The van der Waals surface area contributed by atoms with Crippen molar-refractivity contribution in [3.8, 4) is 17.2 Å². The van der Waals surface area contributed by atoms with Gasteiger partial charge in [-0.1, -0.05) is 6.58 Å². The van der Waals surface area contributed by atoms with Crippen molar-refractivity contribution in [1.29, 1.82) is 0 Å². The van der Waals surface area contributed by atoms with Gasteiger partial charge >= 0.3 is 10.1 Å². The van der Waals surface area contributed by atoms with Gasteiger partial charge < -0.3 is 19.7 Å². The van der Waals surface area contributed by atoms with Crippen molar-refractivity contribution in [2.45, 2.75) is 0 Å². The topological polar surface area (TPSA) is 113 Å². The molecule has 1 aromatic carbocycles. The number of hydrogen-bond acceptors (Lipinski definition) is 6. The summed E-state index contributed by atoms with van der Waals surface area (Å²) >= 11 is 0. The Kier molecular flexibility index (Phi) is 6.37. The number of hydrogen-bond donors (Lipinski definition) is 3. The van der Waals surface area contributed by atoms with E-state index in [1.165, 1.54) is 0 Å². The molecule has 99 valence electrons. The van der Waals surface area contributed by atoms with E-state index >= 15 is 0 Å². The van der Waals surface area contributed by atoms with Gasteiger partial charge in [-0.15, -0.1) is 0 Å². The molecule has 0 bridgehead atoms. The largest absolute Gasteiger partial charge is 0.504 e. The first-order chi connectivity index (χ1) is 8.24. The van der Waals surface area contributed by atoms with E-state index in [-0.39, 0.29) is 41.0 Å². The Morgan fingerprint density at radius 1 is 1.42 bits per heavy atom. The van der Waals surface area contributed by atoms with E-state index in [4.69, 9.17) is 0 Å². The summed E-state index contributed by atoms with van der Waals surface area (Å²) in [6.07, 6.45) is 1.71. The third kappa shape index (κ3) is 5.11. The van der Waals surface area contributed by atoms with Gasteiger partial charge in [0.15, 0.2) is 17.2 Å². The van der Waals surface area contributed by atoms with Gasteiger partial charge in [0.05, 0.1) is 6.26 Å².